The second-order valence-corrected chi connectivity index (χ2v) is 6.96. The van der Waals surface area contributed by atoms with E-state index in [4.69, 9.17) is 0 Å². The molecule has 2 aromatic heterocycles. The van der Waals surface area contributed by atoms with Crippen LogP contribution in [-0.2, 0) is 11.3 Å². The highest BCUT2D eigenvalue weighted by Crippen LogP contribution is 2.26. The standard InChI is InChI=1S/C17H23N7O/c1-21(2)17-18-6-13(7-19-17)9-22-10-15(11-22)24-12-14(8-20-24)23-5-3-4-16(23)25/h6-8,12,15H,3-5,9-11H2,1-2H3. The smallest absolute Gasteiger partial charge is 0.227 e. The molecule has 2 aromatic rings. The zero-order valence-corrected chi connectivity index (χ0v) is 14.7. The Morgan fingerprint density at radius 1 is 1.20 bits per heavy atom. The lowest BCUT2D eigenvalue weighted by Crippen LogP contribution is -2.47. The van der Waals surface area contributed by atoms with Crippen molar-refractivity contribution in [3.05, 3.63) is 30.4 Å². The Bertz CT molecular complexity index is 749. The molecule has 2 fully saturated rings. The van der Waals surface area contributed by atoms with E-state index in [1.54, 1.807) is 6.20 Å². The third-order valence-electron chi connectivity index (χ3n) is 4.78. The molecular weight excluding hydrogens is 318 g/mol. The molecule has 0 N–H and O–H groups in total. The Morgan fingerprint density at radius 2 is 1.96 bits per heavy atom. The van der Waals surface area contributed by atoms with E-state index in [0.29, 0.717) is 12.5 Å². The summed E-state index contributed by atoms with van der Waals surface area (Å²) in [6.45, 7) is 3.56. The van der Waals surface area contributed by atoms with E-state index in [-0.39, 0.29) is 5.91 Å². The summed E-state index contributed by atoms with van der Waals surface area (Å²) in [4.78, 5) is 26.6. The topological polar surface area (TPSA) is 70.4 Å². The highest BCUT2D eigenvalue weighted by Gasteiger charge is 2.30. The summed E-state index contributed by atoms with van der Waals surface area (Å²) in [5.74, 6) is 0.932. The van der Waals surface area contributed by atoms with Crippen molar-refractivity contribution < 1.29 is 4.79 Å². The van der Waals surface area contributed by atoms with Crippen molar-refractivity contribution >= 4 is 17.5 Å². The Kier molecular flexibility index (Phi) is 4.12. The minimum Gasteiger partial charge on any atom is -0.347 e. The lowest BCUT2D eigenvalue weighted by molar-refractivity contribution is -0.117. The number of likely N-dealkylation sites (tertiary alicyclic amines) is 1. The molecular formula is C17H23N7O. The Labute approximate surface area is 147 Å². The van der Waals surface area contributed by atoms with Crippen LogP contribution in [0, 0.1) is 0 Å². The molecule has 1 amide bonds. The van der Waals surface area contributed by atoms with Crippen LogP contribution in [0.5, 0.6) is 0 Å². The van der Waals surface area contributed by atoms with Gasteiger partial charge in [0.1, 0.15) is 0 Å². The average Bonchev–Trinajstić information content (AvgIpc) is 3.19. The van der Waals surface area contributed by atoms with Gasteiger partial charge in [-0.3, -0.25) is 14.4 Å². The predicted molar refractivity (Wildman–Crippen MR) is 94.5 cm³/mol. The molecule has 4 heterocycles. The van der Waals surface area contributed by atoms with Crippen molar-refractivity contribution in [2.75, 3.05) is 43.5 Å². The van der Waals surface area contributed by atoms with Crippen LogP contribution in [0.1, 0.15) is 24.4 Å². The zero-order valence-electron chi connectivity index (χ0n) is 14.7. The maximum Gasteiger partial charge on any atom is 0.227 e. The van der Waals surface area contributed by atoms with E-state index in [1.165, 1.54) is 0 Å². The number of hydrogen-bond acceptors (Lipinski definition) is 6. The maximum absolute atomic E-state index is 11.8. The molecule has 0 bridgehead atoms. The molecule has 2 saturated heterocycles. The molecule has 8 heteroatoms. The summed E-state index contributed by atoms with van der Waals surface area (Å²) in [5, 5.41) is 4.46. The fraction of sp³-hybridized carbons (Fsp3) is 0.529. The molecule has 0 atom stereocenters. The highest BCUT2D eigenvalue weighted by molar-refractivity contribution is 5.95. The van der Waals surface area contributed by atoms with Gasteiger partial charge < -0.3 is 9.80 Å². The van der Waals surface area contributed by atoms with Gasteiger partial charge in [-0.25, -0.2) is 9.97 Å². The van der Waals surface area contributed by atoms with Crippen LogP contribution in [0.3, 0.4) is 0 Å². The lowest BCUT2D eigenvalue weighted by atomic mass is 10.1. The van der Waals surface area contributed by atoms with Gasteiger partial charge in [0.25, 0.3) is 0 Å². The molecule has 2 aliphatic heterocycles. The van der Waals surface area contributed by atoms with Crippen LogP contribution in [0.25, 0.3) is 0 Å². The first-order chi connectivity index (χ1) is 12.1. The molecule has 25 heavy (non-hydrogen) atoms. The molecule has 2 aliphatic rings. The number of nitrogens with zero attached hydrogens (tertiary/aromatic N) is 7. The Balaban J connectivity index is 1.31. The Hall–Kier alpha value is -2.48. The van der Waals surface area contributed by atoms with Crippen molar-refractivity contribution in [2.45, 2.75) is 25.4 Å². The quantitative estimate of drug-likeness (QED) is 0.805. The number of rotatable bonds is 5. The van der Waals surface area contributed by atoms with Gasteiger partial charge in [0, 0.05) is 70.8 Å². The van der Waals surface area contributed by atoms with Crippen LogP contribution in [-0.4, -0.2) is 64.3 Å². The molecule has 0 radical (unpaired) electrons. The first-order valence-corrected chi connectivity index (χ1v) is 8.65. The van der Waals surface area contributed by atoms with E-state index in [2.05, 4.69) is 20.0 Å². The third kappa shape index (κ3) is 3.21. The van der Waals surface area contributed by atoms with Gasteiger partial charge in [-0.15, -0.1) is 0 Å². The van der Waals surface area contributed by atoms with Crippen LogP contribution in [0.4, 0.5) is 11.6 Å². The van der Waals surface area contributed by atoms with Gasteiger partial charge in [-0.1, -0.05) is 0 Å². The largest absolute Gasteiger partial charge is 0.347 e. The average molecular weight is 341 g/mol. The summed E-state index contributed by atoms with van der Waals surface area (Å²) in [6.07, 6.45) is 9.17. The normalized spacial score (nSPS) is 18.6. The number of aromatic nitrogens is 4. The number of hydrogen-bond donors (Lipinski definition) is 0. The van der Waals surface area contributed by atoms with Crippen molar-refractivity contribution in [3.8, 4) is 0 Å². The summed E-state index contributed by atoms with van der Waals surface area (Å²) < 4.78 is 1.99. The highest BCUT2D eigenvalue weighted by atomic mass is 16.2. The maximum atomic E-state index is 11.8. The fourth-order valence-corrected chi connectivity index (χ4v) is 3.35. The predicted octanol–water partition coefficient (Wildman–Crippen LogP) is 0.923. The molecule has 0 aliphatic carbocycles. The number of carbonyl (C=O) groups excluding carboxylic acids is 1. The fourth-order valence-electron chi connectivity index (χ4n) is 3.35. The molecule has 4 rings (SSSR count). The van der Waals surface area contributed by atoms with E-state index in [0.717, 1.165) is 49.8 Å². The van der Waals surface area contributed by atoms with Gasteiger partial charge in [0.2, 0.25) is 11.9 Å². The van der Waals surface area contributed by atoms with Gasteiger partial charge >= 0.3 is 0 Å². The van der Waals surface area contributed by atoms with Crippen molar-refractivity contribution in [1.82, 2.24) is 24.6 Å². The molecule has 0 saturated carbocycles. The zero-order chi connectivity index (χ0) is 17.4. The molecule has 0 spiro atoms. The monoisotopic (exact) mass is 341 g/mol. The first kappa shape index (κ1) is 16.0. The molecule has 8 nitrogen and oxygen atoms in total. The van der Waals surface area contributed by atoms with Gasteiger partial charge in [-0.05, 0) is 6.42 Å². The second kappa shape index (κ2) is 6.44. The van der Waals surface area contributed by atoms with E-state index in [9.17, 15) is 4.79 Å². The summed E-state index contributed by atoms with van der Waals surface area (Å²) >= 11 is 0. The van der Waals surface area contributed by atoms with Crippen LogP contribution in [0.15, 0.2) is 24.8 Å². The van der Waals surface area contributed by atoms with Crippen molar-refractivity contribution in [3.63, 3.8) is 0 Å². The van der Waals surface area contributed by atoms with Crippen molar-refractivity contribution in [1.29, 1.82) is 0 Å². The van der Waals surface area contributed by atoms with Crippen LogP contribution < -0.4 is 9.80 Å². The van der Waals surface area contributed by atoms with Gasteiger partial charge in [-0.2, -0.15) is 5.10 Å². The van der Waals surface area contributed by atoms with E-state index in [1.807, 2.05) is 47.2 Å². The molecule has 0 unspecified atom stereocenters. The minimum atomic E-state index is 0.205. The van der Waals surface area contributed by atoms with Crippen LogP contribution >= 0.6 is 0 Å². The Morgan fingerprint density at radius 3 is 2.60 bits per heavy atom. The van der Waals surface area contributed by atoms with Crippen LogP contribution in [0.2, 0.25) is 0 Å². The first-order valence-electron chi connectivity index (χ1n) is 8.65. The lowest BCUT2D eigenvalue weighted by Gasteiger charge is -2.39. The molecule has 132 valence electrons. The molecule has 0 aromatic carbocycles. The van der Waals surface area contributed by atoms with E-state index < -0.39 is 0 Å². The van der Waals surface area contributed by atoms with Crippen molar-refractivity contribution in [2.24, 2.45) is 0 Å². The number of carbonyl (C=O) groups is 1. The second-order valence-electron chi connectivity index (χ2n) is 6.96. The summed E-state index contributed by atoms with van der Waals surface area (Å²) in [7, 11) is 3.87. The number of amides is 1. The summed E-state index contributed by atoms with van der Waals surface area (Å²) in [6, 6.07) is 0.369. The van der Waals surface area contributed by atoms with E-state index >= 15 is 0 Å². The SMILES string of the molecule is CN(C)c1ncc(CN2CC(n3cc(N4CCCC4=O)cn3)C2)cn1. The minimum absolute atomic E-state index is 0.205. The number of anilines is 2. The third-order valence-corrected chi connectivity index (χ3v) is 4.78. The van der Waals surface area contributed by atoms with Gasteiger partial charge in [0.05, 0.1) is 17.9 Å². The summed E-state index contributed by atoms with van der Waals surface area (Å²) in [5.41, 5.74) is 2.04. The van der Waals surface area contributed by atoms with Gasteiger partial charge in [0.15, 0.2) is 0 Å².